The number of nitrogens with zero attached hydrogens (tertiary/aromatic N) is 3. The van der Waals surface area contributed by atoms with Crippen LogP contribution in [0.1, 0.15) is 24.4 Å². The largest absolute Gasteiger partial charge is 0.491 e. The van der Waals surface area contributed by atoms with Crippen molar-refractivity contribution in [3.8, 4) is 5.75 Å². The molecular formula is C20H27N3O3. The Balaban J connectivity index is 1.35. The molecule has 1 aromatic carbocycles. The molecule has 4 rings (SSSR count). The first-order valence-corrected chi connectivity index (χ1v) is 9.45. The molecule has 2 aliphatic rings. The first kappa shape index (κ1) is 17.5. The molecule has 6 heteroatoms. The zero-order valence-electron chi connectivity index (χ0n) is 14.9. The van der Waals surface area contributed by atoms with Crippen molar-refractivity contribution in [1.82, 2.24) is 14.7 Å². The van der Waals surface area contributed by atoms with Crippen LogP contribution < -0.4 is 4.74 Å². The van der Waals surface area contributed by atoms with Crippen molar-refractivity contribution >= 4 is 0 Å². The van der Waals surface area contributed by atoms with Gasteiger partial charge < -0.3 is 14.9 Å². The maximum absolute atomic E-state index is 10.6. The molecule has 26 heavy (non-hydrogen) atoms. The maximum Gasteiger partial charge on any atom is 0.119 e. The standard InChI is InChI=1S/C20H27N3O3/c24-8-9-26-18-4-2-15(3-5-18)12-22-13-16-10-19(23-7-1-6-21-23)20(25)11-17(16)14-22/h1-7,16-17,19-20,24-25H,8-14H2/t16-,17+,19-,20-/m1/s1. The minimum absolute atomic E-state index is 0.0314. The number of hydrogen-bond acceptors (Lipinski definition) is 5. The number of aliphatic hydroxyl groups is 2. The van der Waals surface area contributed by atoms with Crippen molar-refractivity contribution in [3.05, 3.63) is 48.3 Å². The van der Waals surface area contributed by atoms with Crippen LogP contribution >= 0.6 is 0 Å². The minimum Gasteiger partial charge on any atom is -0.491 e. The maximum atomic E-state index is 10.6. The van der Waals surface area contributed by atoms with E-state index in [4.69, 9.17) is 9.84 Å². The van der Waals surface area contributed by atoms with Crippen LogP contribution in [0.3, 0.4) is 0 Å². The van der Waals surface area contributed by atoms with Gasteiger partial charge in [-0.25, -0.2) is 0 Å². The van der Waals surface area contributed by atoms with Crippen LogP contribution in [0.25, 0.3) is 0 Å². The van der Waals surface area contributed by atoms with Gasteiger partial charge in [0, 0.05) is 32.0 Å². The Morgan fingerprint density at radius 3 is 2.58 bits per heavy atom. The predicted molar refractivity (Wildman–Crippen MR) is 97.8 cm³/mol. The van der Waals surface area contributed by atoms with Crippen molar-refractivity contribution in [1.29, 1.82) is 0 Å². The van der Waals surface area contributed by atoms with Crippen molar-refractivity contribution in [2.75, 3.05) is 26.3 Å². The zero-order valence-corrected chi connectivity index (χ0v) is 14.9. The zero-order chi connectivity index (χ0) is 17.9. The molecule has 1 aliphatic carbocycles. The highest BCUT2D eigenvalue weighted by molar-refractivity contribution is 5.27. The van der Waals surface area contributed by atoms with E-state index in [1.165, 1.54) is 5.56 Å². The molecule has 1 saturated heterocycles. The van der Waals surface area contributed by atoms with Crippen LogP contribution in [0, 0.1) is 11.8 Å². The lowest BCUT2D eigenvalue weighted by Crippen LogP contribution is -2.36. The first-order valence-electron chi connectivity index (χ1n) is 9.45. The lowest BCUT2D eigenvalue weighted by Gasteiger charge is -2.35. The molecule has 2 aromatic rings. The topological polar surface area (TPSA) is 70.8 Å². The third-order valence-electron chi connectivity index (χ3n) is 5.74. The van der Waals surface area contributed by atoms with Crippen LogP contribution in [0.15, 0.2) is 42.7 Å². The van der Waals surface area contributed by atoms with Crippen molar-refractivity contribution in [2.45, 2.75) is 31.5 Å². The number of likely N-dealkylation sites (tertiary alicyclic amines) is 1. The van der Waals surface area contributed by atoms with E-state index in [0.29, 0.717) is 18.4 Å². The molecule has 1 aliphatic heterocycles. The fourth-order valence-corrected chi connectivity index (χ4v) is 4.51. The Hall–Kier alpha value is -1.89. The second-order valence-electron chi connectivity index (χ2n) is 7.52. The summed E-state index contributed by atoms with van der Waals surface area (Å²) < 4.78 is 7.34. The monoisotopic (exact) mass is 357 g/mol. The molecule has 0 radical (unpaired) electrons. The van der Waals surface area contributed by atoms with Crippen LogP contribution in [-0.2, 0) is 6.54 Å². The average molecular weight is 357 g/mol. The third-order valence-corrected chi connectivity index (χ3v) is 5.74. The van der Waals surface area contributed by atoms with E-state index < -0.39 is 0 Å². The highest BCUT2D eigenvalue weighted by atomic mass is 16.5. The van der Waals surface area contributed by atoms with Crippen molar-refractivity contribution in [2.24, 2.45) is 11.8 Å². The molecule has 6 nitrogen and oxygen atoms in total. The molecule has 2 fully saturated rings. The molecule has 2 heterocycles. The van der Waals surface area contributed by atoms with Gasteiger partial charge in [-0.3, -0.25) is 9.58 Å². The van der Waals surface area contributed by atoms with Gasteiger partial charge in [0.05, 0.1) is 18.8 Å². The molecule has 0 spiro atoms. The molecule has 4 atom stereocenters. The van der Waals surface area contributed by atoms with Crippen LogP contribution in [-0.4, -0.2) is 57.3 Å². The minimum atomic E-state index is -0.306. The fraction of sp³-hybridized carbons (Fsp3) is 0.550. The number of fused-ring (bicyclic) bond motifs is 1. The molecule has 0 bridgehead atoms. The SMILES string of the molecule is OCCOc1ccc(CN2C[C@H]3C[C@@H](n4cccn4)[C@H](O)C[C@H]3C2)cc1. The normalized spacial score (nSPS) is 28.8. The van der Waals surface area contributed by atoms with Crippen LogP contribution in [0.2, 0.25) is 0 Å². The second kappa shape index (κ2) is 7.78. The Morgan fingerprint density at radius 1 is 1.12 bits per heavy atom. The second-order valence-corrected chi connectivity index (χ2v) is 7.52. The Morgan fingerprint density at radius 2 is 1.88 bits per heavy atom. The number of rotatable bonds is 6. The summed E-state index contributed by atoms with van der Waals surface area (Å²) in [6, 6.07) is 10.1. The molecule has 0 unspecified atom stereocenters. The van der Waals surface area contributed by atoms with Gasteiger partial charge in [-0.1, -0.05) is 12.1 Å². The van der Waals surface area contributed by atoms with E-state index in [-0.39, 0.29) is 18.8 Å². The predicted octanol–water partition coefficient (Wildman–Crippen LogP) is 1.70. The summed E-state index contributed by atoms with van der Waals surface area (Å²) in [5.41, 5.74) is 1.27. The lowest BCUT2D eigenvalue weighted by atomic mass is 9.77. The Kier molecular flexibility index (Phi) is 5.24. The summed E-state index contributed by atoms with van der Waals surface area (Å²) in [6.07, 6.45) is 5.30. The molecular weight excluding hydrogens is 330 g/mol. The van der Waals surface area contributed by atoms with Gasteiger partial charge in [-0.15, -0.1) is 0 Å². The Bertz CT molecular complexity index is 689. The summed E-state index contributed by atoms with van der Waals surface area (Å²) in [7, 11) is 0. The van der Waals surface area contributed by atoms with Gasteiger partial charge in [0.2, 0.25) is 0 Å². The quantitative estimate of drug-likeness (QED) is 0.823. The highest BCUT2D eigenvalue weighted by Gasteiger charge is 2.42. The Labute approximate surface area is 154 Å². The van der Waals surface area contributed by atoms with Crippen molar-refractivity contribution < 1.29 is 14.9 Å². The van der Waals surface area contributed by atoms with E-state index in [0.717, 1.165) is 38.2 Å². The van der Waals surface area contributed by atoms with E-state index in [9.17, 15) is 5.11 Å². The highest BCUT2D eigenvalue weighted by Crippen LogP contribution is 2.41. The molecule has 0 amide bonds. The van der Waals surface area contributed by atoms with Crippen molar-refractivity contribution in [3.63, 3.8) is 0 Å². The molecule has 140 valence electrons. The molecule has 1 aromatic heterocycles. The van der Waals surface area contributed by atoms with E-state index in [2.05, 4.69) is 22.1 Å². The van der Waals surface area contributed by atoms with E-state index >= 15 is 0 Å². The number of aliphatic hydroxyl groups excluding tert-OH is 2. The number of benzene rings is 1. The van der Waals surface area contributed by atoms with Crippen LogP contribution in [0.4, 0.5) is 0 Å². The molecule has 1 saturated carbocycles. The molecule has 2 N–H and O–H groups in total. The lowest BCUT2D eigenvalue weighted by molar-refractivity contribution is 0.0306. The number of hydrogen-bond donors (Lipinski definition) is 2. The fourth-order valence-electron chi connectivity index (χ4n) is 4.51. The first-order chi connectivity index (χ1) is 12.7. The summed E-state index contributed by atoms with van der Waals surface area (Å²) >= 11 is 0. The third kappa shape index (κ3) is 3.77. The smallest absolute Gasteiger partial charge is 0.119 e. The van der Waals surface area contributed by atoms with Gasteiger partial charge in [-0.2, -0.15) is 5.10 Å². The van der Waals surface area contributed by atoms with Gasteiger partial charge in [0.15, 0.2) is 0 Å². The number of aromatic nitrogens is 2. The average Bonchev–Trinajstić information content (AvgIpc) is 3.29. The number of ether oxygens (including phenoxy) is 1. The van der Waals surface area contributed by atoms with Gasteiger partial charge in [0.1, 0.15) is 12.4 Å². The van der Waals surface area contributed by atoms with Gasteiger partial charge >= 0.3 is 0 Å². The van der Waals surface area contributed by atoms with E-state index in [1.807, 2.05) is 29.1 Å². The van der Waals surface area contributed by atoms with Gasteiger partial charge in [-0.05, 0) is 48.4 Å². The summed E-state index contributed by atoms with van der Waals surface area (Å²) in [5, 5.41) is 23.7. The van der Waals surface area contributed by atoms with Crippen LogP contribution in [0.5, 0.6) is 5.75 Å². The summed E-state index contributed by atoms with van der Waals surface area (Å²) in [4.78, 5) is 2.50. The van der Waals surface area contributed by atoms with E-state index in [1.54, 1.807) is 6.20 Å². The summed E-state index contributed by atoms with van der Waals surface area (Å²) in [5.74, 6) is 1.99. The summed E-state index contributed by atoms with van der Waals surface area (Å²) in [6.45, 7) is 3.42. The van der Waals surface area contributed by atoms with Gasteiger partial charge in [0.25, 0.3) is 0 Å².